The number of aromatic amines is 1. The number of pyridine rings is 1. The van der Waals surface area contributed by atoms with Crippen molar-refractivity contribution in [1.82, 2.24) is 10.1 Å². The van der Waals surface area contributed by atoms with Crippen LogP contribution in [-0.4, -0.2) is 16.0 Å². The van der Waals surface area contributed by atoms with Crippen LogP contribution in [0.3, 0.4) is 0 Å². The van der Waals surface area contributed by atoms with Gasteiger partial charge in [0.05, 0.1) is 5.56 Å². The van der Waals surface area contributed by atoms with E-state index in [2.05, 4.69) is 15.5 Å². The molecule has 0 radical (unpaired) electrons. The van der Waals surface area contributed by atoms with E-state index in [4.69, 9.17) is 4.52 Å². The molecule has 0 bridgehead atoms. The Morgan fingerprint density at radius 3 is 2.70 bits per heavy atom. The minimum atomic E-state index is -0.795. The molecular formula is C15H9F2N3O3. The maximum absolute atomic E-state index is 13.7. The van der Waals surface area contributed by atoms with Crippen LogP contribution < -0.4 is 10.9 Å². The summed E-state index contributed by atoms with van der Waals surface area (Å²) in [4.78, 5) is 25.2. The smallest absolute Gasteiger partial charge is 0.259 e. The molecule has 3 rings (SSSR count). The number of nitrogens with zero attached hydrogens (tertiary/aromatic N) is 1. The van der Waals surface area contributed by atoms with E-state index in [1.807, 2.05) is 0 Å². The average Bonchev–Trinajstić information content (AvgIpc) is 2.96. The predicted molar refractivity (Wildman–Crippen MR) is 76.9 cm³/mol. The SMILES string of the molecule is O=C(Nc1cc(-c2ccc(F)cc2F)no1)c1ccc(=O)[nH]c1. The summed E-state index contributed by atoms with van der Waals surface area (Å²) in [6.45, 7) is 0. The summed E-state index contributed by atoms with van der Waals surface area (Å²) in [6, 6.07) is 6.88. The van der Waals surface area contributed by atoms with Crippen LogP contribution >= 0.6 is 0 Å². The Kier molecular flexibility index (Phi) is 3.71. The second kappa shape index (κ2) is 5.84. The minimum absolute atomic E-state index is 0.0140. The summed E-state index contributed by atoms with van der Waals surface area (Å²) >= 11 is 0. The number of anilines is 1. The van der Waals surface area contributed by atoms with Gasteiger partial charge < -0.3 is 9.51 Å². The highest BCUT2D eigenvalue weighted by Crippen LogP contribution is 2.25. The van der Waals surface area contributed by atoms with Gasteiger partial charge in [0.2, 0.25) is 11.4 Å². The van der Waals surface area contributed by atoms with E-state index in [0.29, 0.717) is 0 Å². The monoisotopic (exact) mass is 317 g/mol. The molecule has 2 N–H and O–H groups in total. The number of benzene rings is 1. The van der Waals surface area contributed by atoms with Crippen molar-refractivity contribution in [2.75, 3.05) is 5.32 Å². The lowest BCUT2D eigenvalue weighted by Crippen LogP contribution is -2.14. The van der Waals surface area contributed by atoms with E-state index in [1.54, 1.807) is 0 Å². The Labute approximate surface area is 127 Å². The first kappa shape index (κ1) is 14.6. The number of hydrogen-bond donors (Lipinski definition) is 2. The molecule has 0 atom stereocenters. The number of aromatic nitrogens is 2. The molecule has 0 saturated carbocycles. The second-order valence-corrected chi connectivity index (χ2v) is 4.60. The van der Waals surface area contributed by atoms with Gasteiger partial charge in [-0.1, -0.05) is 5.16 Å². The zero-order chi connectivity index (χ0) is 16.4. The Hall–Kier alpha value is -3.29. The first-order chi connectivity index (χ1) is 11.0. The van der Waals surface area contributed by atoms with Crippen molar-refractivity contribution in [2.45, 2.75) is 0 Å². The summed E-state index contributed by atoms with van der Waals surface area (Å²) in [5.74, 6) is -2.05. The second-order valence-electron chi connectivity index (χ2n) is 4.60. The number of rotatable bonds is 3. The Morgan fingerprint density at radius 1 is 1.17 bits per heavy atom. The van der Waals surface area contributed by atoms with Crippen LogP contribution in [0.25, 0.3) is 11.3 Å². The van der Waals surface area contributed by atoms with Crippen LogP contribution in [0.1, 0.15) is 10.4 Å². The van der Waals surface area contributed by atoms with E-state index in [1.165, 1.54) is 30.5 Å². The molecule has 1 amide bonds. The van der Waals surface area contributed by atoms with Gasteiger partial charge in [-0.25, -0.2) is 8.78 Å². The third-order valence-electron chi connectivity index (χ3n) is 3.00. The van der Waals surface area contributed by atoms with Crippen LogP contribution in [0.2, 0.25) is 0 Å². The number of amides is 1. The normalized spacial score (nSPS) is 10.5. The molecule has 6 nitrogen and oxygen atoms in total. The molecule has 3 aromatic rings. The molecule has 0 aliphatic rings. The van der Waals surface area contributed by atoms with Gasteiger partial charge in [0, 0.05) is 30.0 Å². The van der Waals surface area contributed by atoms with Crippen LogP contribution in [0.15, 0.2) is 51.9 Å². The van der Waals surface area contributed by atoms with Crippen LogP contribution in [0.4, 0.5) is 14.7 Å². The fourth-order valence-electron chi connectivity index (χ4n) is 1.89. The van der Waals surface area contributed by atoms with Gasteiger partial charge in [-0.05, 0) is 18.2 Å². The highest BCUT2D eigenvalue weighted by Gasteiger charge is 2.14. The predicted octanol–water partition coefficient (Wildman–Crippen LogP) is 2.56. The lowest BCUT2D eigenvalue weighted by atomic mass is 10.1. The van der Waals surface area contributed by atoms with Crippen LogP contribution in [0, 0.1) is 11.6 Å². The third kappa shape index (κ3) is 3.15. The van der Waals surface area contributed by atoms with Gasteiger partial charge in [0.25, 0.3) is 5.91 Å². The van der Waals surface area contributed by atoms with Crippen LogP contribution in [-0.2, 0) is 0 Å². The van der Waals surface area contributed by atoms with E-state index in [-0.39, 0.29) is 28.3 Å². The Bertz CT molecular complexity index is 913. The van der Waals surface area contributed by atoms with E-state index >= 15 is 0 Å². The Balaban J connectivity index is 1.80. The first-order valence-electron chi connectivity index (χ1n) is 6.45. The molecule has 2 aromatic heterocycles. The number of carbonyl (C=O) groups is 1. The number of H-pyrrole nitrogens is 1. The summed E-state index contributed by atoms with van der Waals surface area (Å²) < 4.78 is 31.5. The van der Waals surface area contributed by atoms with Gasteiger partial charge in [0.1, 0.15) is 17.3 Å². The molecule has 8 heteroatoms. The molecule has 0 spiro atoms. The van der Waals surface area contributed by atoms with Gasteiger partial charge in [0.15, 0.2) is 0 Å². The quantitative estimate of drug-likeness (QED) is 0.777. The summed E-state index contributed by atoms with van der Waals surface area (Å²) in [7, 11) is 0. The van der Waals surface area contributed by atoms with Gasteiger partial charge in [-0.15, -0.1) is 0 Å². The lowest BCUT2D eigenvalue weighted by Gasteiger charge is -1.99. The average molecular weight is 317 g/mol. The number of halogens is 2. The topological polar surface area (TPSA) is 88.0 Å². The highest BCUT2D eigenvalue weighted by atomic mass is 19.1. The van der Waals surface area contributed by atoms with E-state index in [9.17, 15) is 18.4 Å². The molecule has 2 heterocycles. The molecule has 0 fully saturated rings. The number of nitrogens with one attached hydrogen (secondary N) is 2. The standard InChI is InChI=1S/C15H9F2N3O3/c16-9-2-3-10(11(17)5-9)12-6-14(23-20-12)19-15(22)8-1-4-13(21)18-7-8/h1-7H,(H,18,21)(H,19,22). The van der Waals surface area contributed by atoms with Crippen molar-refractivity contribution >= 4 is 11.8 Å². The van der Waals surface area contributed by atoms with E-state index < -0.39 is 17.5 Å². The summed E-state index contributed by atoms with van der Waals surface area (Å²) in [5.41, 5.74) is 0.0183. The van der Waals surface area contributed by atoms with Crippen molar-refractivity contribution in [3.05, 3.63) is 70.1 Å². The zero-order valence-electron chi connectivity index (χ0n) is 11.5. The largest absolute Gasteiger partial charge is 0.338 e. The summed E-state index contributed by atoms with van der Waals surface area (Å²) in [5, 5.41) is 6.04. The zero-order valence-corrected chi connectivity index (χ0v) is 11.5. The molecule has 0 unspecified atom stereocenters. The van der Waals surface area contributed by atoms with Gasteiger partial charge >= 0.3 is 0 Å². The molecule has 23 heavy (non-hydrogen) atoms. The van der Waals surface area contributed by atoms with E-state index in [0.717, 1.165) is 12.1 Å². The van der Waals surface area contributed by atoms with Crippen molar-refractivity contribution in [3.8, 4) is 11.3 Å². The maximum Gasteiger partial charge on any atom is 0.259 e. The highest BCUT2D eigenvalue weighted by molar-refractivity contribution is 6.03. The fourth-order valence-corrected chi connectivity index (χ4v) is 1.89. The third-order valence-corrected chi connectivity index (χ3v) is 3.00. The maximum atomic E-state index is 13.7. The molecule has 0 aliphatic carbocycles. The fraction of sp³-hybridized carbons (Fsp3) is 0. The molecule has 1 aromatic carbocycles. The molecule has 116 valence electrons. The first-order valence-corrected chi connectivity index (χ1v) is 6.45. The molecule has 0 saturated heterocycles. The van der Waals surface area contributed by atoms with Crippen molar-refractivity contribution in [2.24, 2.45) is 0 Å². The number of carbonyl (C=O) groups excluding carboxylic acids is 1. The van der Waals surface area contributed by atoms with Gasteiger partial charge in [-0.3, -0.25) is 14.9 Å². The lowest BCUT2D eigenvalue weighted by molar-refractivity contribution is 0.102. The van der Waals surface area contributed by atoms with Crippen molar-refractivity contribution < 1.29 is 18.1 Å². The Morgan fingerprint density at radius 2 is 2.00 bits per heavy atom. The minimum Gasteiger partial charge on any atom is -0.338 e. The van der Waals surface area contributed by atoms with Crippen LogP contribution in [0.5, 0.6) is 0 Å². The molecule has 0 aliphatic heterocycles. The summed E-state index contributed by atoms with van der Waals surface area (Å²) in [6.07, 6.45) is 1.24. The van der Waals surface area contributed by atoms with Gasteiger partial charge in [-0.2, -0.15) is 0 Å². The van der Waals surface area contributed by atoms with Crippen molar-refractivity contribution in [1.29, 1.82) is 0 Å². The van der Waals surface area contributed by atoms with Crippen molar-refractivity contribution in [3.63, 3.8) is 0 Å². The number of hydrogen-bond acceptors (Lipinski definition) is 4. The molecular weight excluding hydrogens is 308 g/mol.